The molecule has 0 amide bonds. The molecule has 5 rings (SSSR count). The fourth-order valence-corrected chi connectivity index (χ4v) is 4.93. The van der Waals surface area contributed by atoms with E-state index in [0.717, 1.165) is 12.3 Å². The second-order valence-electron chi connectivity index (χ2n) is 8.87. The van der Waals surface area contributed by atoms with Crippen LogP contribution < -0.4 is 4.90 Å². The van der Waals surface area contributed by atoms with Gasteiger partial charge in [0.05, 0.1) is 0 Å². The van der Waals surface area contributed by atoms with Gasteiger partial charge in [-0.15, -0.1) is 0 Å². The van der Waals surface area contributed by atoms with Gasteiger partial charge in [0.15, 0.2) is 0 Å². The van der Waals surface area contributed by atoms with Gasteiger partial charge in [-0.3, -0.25) is 0 Å². The van der Waals surface area contributed by atoms with Crippen LogP contribution in [0.3, 0.4) is 0 Å². The Morgan fingerprint density at radius 1 is 0.562 bits per heavy atom. The first-order valence-electron chi connectivity index (χ1n) is 12.0. The largest absolute Gasteiger partial charge is 0.311 e. The maximum absolute atomic E-state index is 2.32. The van der Waals surface area contributed by atoms with Crippen LogP contribution in [-0.4, -0.2) is 0 Å². The molecule has 1 unspecified atom stereocenters. The molecule has 0 spiro atoms. The Morgan fingerprint density at radius 3 is 1.81 bits per heavy atom. The van der Waals surface area contributed by atoms with E-state index in [1.165, 1.54) is 54.7 Å². The van der Waals surface area contributed by atoms with E-state index in [0.29, 0.717) is 0 Å². The molecule has 0 fully saturated rings. The average Bonchev–Trinajstić information content (AvgIpc) is 2.84. The van der Waals surface area contributed by atoms with Gasteiger partial charge in [0, 0.05) is 17.1 Å². The molecular weight excluding hydrogens is 386 g/mol. The smallest absolute Gasteiger partial charge is 0.0461 e. The summed E-state index contributed by atoms with van der Waals surface area (Å²) in [6, 6.07) is 39.3. The van der Waals surface area contributed by atoms with Crippen molar-refractivity contribution in [3.63, 3.8) is 0 Å². The number of fused-ring (bicyclic) bond motifs is 1. The van der Waals surface area contributed by atoms with Crippen molar-refractivity contribution in [3.05, 3.63) is 126 Å². The standard InChI is InChI=1S/C31H31N/c1(5-13-26-24-27-14-10-11-19-31(26)27)4-12-25-20-22-30(23-21-25)32(28-15-6-2-7-16-28)29-17-8-3-9-18-29/h2-3,6-11,14-23,26H,1,4-5,12-13,24H2. The number of unbranched alkanes of at least 4 members (excludes halogenated alkanes) is 2. The fraction of sp³-hybridized carbons (Fsp3) is 0.226. The highest BCUT2D eigenvalue weighted by Gasteiger charge is 2.24. The molecule has 0 aromatic heterocycles. The number of rotatable bonds is 9. The summed E-state index contributed by atoms with van der Waals surface area (Å²) in [6.45, 7) is 0. The first-order chi connectivity index (χ1) is 15.9. The van der Waals surface area contributed by atoms with Gasteiger partial charge in [0.1, 0.15) is 0 Å². The van der Waals surface area contributed by atoms with Crippen molar-refractivity contribution in [2.24, 2.45) is 0 Å². The van der Waals surface area contributed by atoms with E-state index in [2.05, 4.69) is 114 Å². The van der Waals surface area contributed by atoms with Gasteiger partial charge >= 0.3 is 0 Å². The maximum atomic E-state index is 2.32. The highest BCUT2D eigenvalue weighted by atomic mass is 15.1. The van der Waals surface area contributed by atoms with Crippen LogP contribution in [0.2, 0.25) is 0 Å². The molecule has 4 aromatic rings. The zero-order valence-corrected chi connectivity index (χ0v) is 18.7. The van der Waals surface area contributed by atoms with Crippen molar-refractivity contribution >= 4 is 17.1 Å². The van der Waals surface area contributed by atoms with Crippen LogP contribution in [-0.2, 0) is 12.8 Å². The Labute approximate surface area is 192 Å². The Balaban J connectivity index is 1.16. The normalized spacial score (nSPS) is 14.4. The second-order valence-corrected chi connectivity index (χ2v) is 8.87. The summed E-state index contributed by atoms with van der Waals surface area (Å²) in [7, 11) is 0. The monoisotopic (exact) mass is 417 g/mol. The summed E-state index contributed by atoms with van der Waals surface area (Å²) < 4.78 is 0. The number of aryl methyl sites for hydroxylation is 1. The van der Waals surface area contributed by atoms with Crippen molar-refractivity contribution in [2.45, 2.75) is 44.4 Å². The molecule has 0 heterocycles. The predicted molar refractivity (Wildman–Crippen MR) is 136 cm³/mol. The summed E-state index contributed by atoms with van der Waals surface area (Å²) in [5, 5.41) is 0. The fourth-order valence-electron chi connectivity index (χ4n) is 4.93. The minimum absolute atomic E-state index is 0.812. The van der Waals surface area contributed by atoms with Crippen LogP contribution >= 0.6 is 0 Å². The summed E-state index contributed by atoms with van der Waals surface area (Å²) >= 11 is 0. The molecule has 1 heteroatoms. The molecule has 0 saturated heterocycles. The third kappa shape index (κ3) is 4.62. The van der Waals surface area contributed by atoms with E-state index in [1.807, 2.05) is 0 Å². The van der Waals surface area contributed by atoms with Crippen LogP contribution in [0, 0.1) is 0 Å². The molecular formula is C31H31N. The summed E-state index contributed by atoms with van der Waals surface area (Å²) in [4.78, 5) is 2.32. The number of anilines is 3. The van der Waals surface area contributed by atoms with Crippen LogP contribution in [0.4, 0.5) is 17.1 Å². The highest BCUT2D eigenvalue weighted by molar-refractivity contribution is 5.76. The van der Waals surface area contributed by atoms with Crippen LogP contribution in [0.1, 0.15) is 48.3 Å². The lowest BCUT2D eigenvalue weighted by Crippen LogP contribution is -2.16. The van der Waals surface area contributed by atoms with Crippen LogP contribution in [0.15, 0.2) is 109 Å². The molecule has 0 saturated carbocycles. The number of nitrogens with zero attached hydrogens (tertiary/aromatic N) is 1. The van der Waals surface area contributed by atoms with Gasteiger partial charge in [0.2, 0.25) is 0 Å². The average molecular weight is 418 g/mol. The maximum Gasteiger partial charge on any atom is 0.0461 e. The van der Waals surface area contributed by atoms with Gasteiger partial charge in [0.25, 0.3) is 0 Å². The molecule has 1 atom stereocenters. The van der Waals surface area contributed by atoms with Crippen molar-refractivity contribution in [1.29, 1.82) is 0 Å². The summed E-state index contributed by atoms with van der Waals surface area (Å²) in [5.41, 5.74) is 8.17. The van der Waals surface area contributed by atoms with Gasteiger partial charge in [-0.05, 0) is 84.7 Å². The summed E-state index contributed by atoms with van der Waals surface area (Å²) in [5.74, 6) is 0.812. The number of para-hydroxylation sites is 2. The zero-order chi connectivity index (χ0) is 21.6. The number of benzene rings is 4. The van der Waals surface area contributed by atoms with Gasteiger partial charge in [-0.2, -0.15) is 0 Å². The van der Waals surface area contributed by atoms with Gasteiger partial charge < -0.3 is 4.90 Å². The highest BCUT2D eigenvalue weighted by Crippen LogP contribution is 2.38. The lowest BCUT2D eigenvalue weighted by atomic mass is 9.75. The molecule has 4 aromatic carbocycles. The zero-order valence-electron chi connectivity index (χ0n) is 18.7. The molecule has 0 radical (unpaired) electrons. The molecule has 32 heavy (non-hydrogen) atoms. The first-order valence-corrected chi connectivity index (χ1v) is 12.0. The van der Waals surface area contributed by atoms with E-state index in [1.54, 1.807) is 11.1 Å². The molecule has 0 bridgehead atoms. The van der Waals surface area contributed by atoms with Crippen LogP contribution in [0.25, 0.3) is 0 Å². The second kappa shape index (κ2) is 9.87. The molecule has 1 nitrogen and oxygen atoms in total. The minimum Gasteiger partial charge on any atom is -0.311 e. The van der Waals surface area contributed by atoms with Crippen molar-refractivity contribution < 1.29 is 0 Å². The topological polar surface area (TPSA) is 3.24 Å². The van der Waals surface area contributed by atoms with Crippen molar-refractivity contribution in [3.8, 4) is 0 Å². The predicted octanol–water partition coefficient (Wildman–Crippen LogP) is 8.60. The lowest BCUT2D eigenvalue weighted by Gasteiger charge is -2.30. The minimum atomic E-state index is 0.812. The van der Waals surface area contributed by atoms with E-state index in [4.69, 9.17) is 0 Å². The van der Waals surface area contributed by atoms with Crippen molar-refractivity contribution in [2.75, 3.05) is 4.90 Å². The molecule has 1 aliphatic carbocycles. The van der Waals surface area contributed by atoms with E-state index >= 15 is 0 Å². The molecule has 1 aliphatic rings. The first kappa shape index (κ1) is 20.6. The lowest BCUT2D eigenvalue weighted by molar-refractivity contribution is 0.514. The molecule has 160 valence electrons. The Hall–Kier alpha value is -3.32. The number of hydrogen-bond donors (Lipinski definition) is 0. The third-order valence-corrected chi connectivity index (χ3v) is 6.70. The Morgan fingerprint density at radius 2 is 1.16 bits per heavy atom. The number of hydrogen-bond acceptors (Lipinski definition) is 1. The van der Waals surface area contributed by atoms with Crippen LogP contribution in [0.5, 0.6) is 0 Å². The molecule has 0 N–H and O–H groups in total. The van der Waals surface area contributed by atoms with Gasteiger partial charge in [-0.25, -0.2) is 0 Å². The van der Waals surface area contributed by atoms with Gasteiger partial charge in [-0.1, -0.05) is 85.6 Å². The van der Waals surface area contributed by atoms with E-state index in [9.17, 15) is 0 Å². The van der Waals surface area contributed by atoms with Crippen molar-refractivity contribution in [1.82, 2.24) is 0 Å². The molecule has 0 aliphatic heterocycles. The SMILES string of the molecule is c1ccc(N(c2ccccc2)c2ccc(CCCCCC3Cc4ccccc43)cc2)cc1. The van der Waals surface area contributed by atoms with E-state index < -0.39 is 0 Å². The summed E-state index contributed by atoms with van der Waals surface area (Å²) in [6.07, 6.45) is 7.73. The Bertz CT molecular complexity index is 1080. The Kier molecular flexibility index (Phi) is 6.35. The third-order valence-electron chi connectivity index (χ3n) is 6.70. The quantitative estimate of drug-likeness (QED) is 0.246. The van der Waals surface area contributed by atoms with E-state index in [-0.39, 0.29) is 0 Å².